The summed E-state index contributed by atoms with van der Waals surface area (Å²) in [5, 5.41) is 14.6. The summed E-state index contributed by atoms with van der Waals surface area (Å²) in [6, 6.07) is 6.65. The van der Waals surface area contributed by atoms with Gasteiger partial charge in [-0.3, -0.25) is 0 Å². The summed E-state index contributed by atoms with van der Waals surface area (Å²) < 4.78 is 75.2. The molecule has 2 aromatic carbocycles. The van der Waals surface area contributed by atoms with Crippen molar-refractivity contribution in [2.24, 2.45) is 0 Å². The van der Waals surface area contributed by atoms with E-state index in [2.05, 4.69) is 0 Å². The Morgan fingerprint density at radius 2 is 1.88 bits per heavy atom. The average Bonchev–Trinajstić information content (AvgIpc) is 2.72. The highest BCUT2D eigenvalue weighted by molar-refractivity contribution is 7.92. The van der Waals surface area contributed by atoms with Crippen LogP contribution in [-0.2, 0) is 9.84 Å². The van der Waals surface area contributed by atoms with Gasteiger partial charge in [0.05, 0.1) is 12.0 Å². The highest BCUT2D eigenvalue weighted by Gasteiger charge is 2.61. The fourth-order valence-electron chi connectivity index (χ4n) is 2.59. The van der Waals surface area contributed by atoms with Gasteiger partial charge in [-0.05, 0) is 12.1 Å². The molecule has 0 radical (unpaired) electrons. The molecule has 1 unspecified atom stereocenters. The number of nitrogens with zero attached hydrogens (tertiary/aromatic N) is 1. The summed E-state index contributed by atoms with van der Waals surface area (Å²) >= 11 is 0. The number of methoxy groups -OCH3 is 1. The molecular weight excluding hydrogens is 375 g/mol. The molecule has 136 valence electrons. The van der Waals surface area contributed by atoms with Gasteiger partial charge in [-0.1, -0.05) is 0 Å². The van der Waals surface area contributed by atoms with Crippen molar-refractivity contribution in [1.82, 2.24) is 0 Å². The Balaban J connectivity index is 2.15. The third-order valence-corrected chi connectivity index (χ3v) is 5.70. The largest absolute Gasteiger partial charge is 0.497 e. The zero-order valence-electron chi connectivity index (χ0n) is 13.0. The summed E-state index contributed by atoms with van der Waals surface area (Å²) in [5.74, 6) is -1.03. The van der Waals surface area contributed by atoms with Crippen LogP contribution in [0.2, 0.25) is 0 Å². The molecule has 1 heterocycles. The highest BCUT2D eigenvalue weighted by atomic mass is 32.2. The summed E-state index contributed by atoms with van der Waals surface area (Å²) in [7, 11) is -3.85. The van der Waals surface area contributed by atoms with E-state index in [9.17, 15) is 32.0 Å². The minimum Gasteiger partial charge on any atom is -0.497 e. The van der Waals surface area contributed by atoms with Gasteiger partial charge in [0.25, 0.3) is 0 Å². The first-order valence-corrected chi connectivity index (χ1v) is 8.51. The lowest BCUT2D eigenvalue weighted by Gasteiger charge is -2.14. The molecule has 0 saturated carbocycles. The van der Waals surface area contributed by atoms with Crippen molar-refractivity contribution < 1.29 is 36.2 Å². The predicted molar refractivity (Wildman–Crippen MR) is 81.3 cm³/mol. The van der Waals surface area contributed by atoms with Crippen LogP contribution in [0.1, 0.15) is 17.2 Å². The lowest BCUT2D eigenvalue weighted by atomic mass is 10.0. The number of aliphatic hydroxyl groups excluding tert-OH is 1. The smallest absolute Gasteiger partial charge is 0.379 e. The number of rotatable bonds is 3. The first-order valence-electron chi connectivity index (χ1n) is 7.03. The number of halogens is 3. The molecule has 1 aliphatic heterocycles. The average molecular weight is 385 g/mol. The molecule has 0 fully saturated rings. The van der Waals surface area contributed by atoms with Crippen LogP contribution in [-0.4, -0.2) is 25.9 Å². The standard InChI is InChI=1S/C16H10F3NO5S/c1-24-9-4-8(17)5-10(6-9)25-12-2-3-13-14(11(12)7-20)15(21)16(18,19)26(13,22)23/h2-6,15,21H,1H3. The predicted octanol–water partition coefficient (Wildman–Crippen LogP) is 2.91. The molecule has 1 aliphatic rings. The minimum absolute atomic E-state index is 0.105. The van der Waals surface area contributed by atoms with Crippen molar-refractivity contribution in [2.45, 2.75) is 16.3 Å². The number of ether oxygens (including phenoxy) is 2. The Morgan fingerprint density at radius 3 is 2.50 bits per heavy atom. The van der Waals surface area contributed by atoms with Gasteiger partial charge in [0.1, 0.15) is 34.7 Å². The van der Waals surface area contributed by atoms with Gasteiger partial charge in [0.15, 0.2) is 6.10 Å². The van der Waals surface area contributed by atoms with Gasteiger partial charge in [-0.2, -0.15) is 14.0 Å². The molecule has 0 bridgehead atoms. The van der Waals surface area contributed by atoms with Crippen LogP contribution in [0, 0.1) is 17.1 Å². The molecule has 0 spiro atoms. The van der Waals surface area contributed by atoms with Crippen molar-refractivity contribution >= 4 is 9.84 Å². The normalized spacial score (nSPS) is 19.5. The van der Waals surface area contributed by atoms with Crippen LogP contribution in [0.15, 0.2) is 35.2 Å². The lowest BCUT2D eigenvalue weighted by Crippen LogP contribution is -2.28. The molecule has 0 saturated heterocycles. The quantitative estimate of drug-likeness (QED) is 0.873. The summed E-state index contributed by atoms with van der Waals surface area (Å²) in [6.45, 7) is 0. The molecule has 3 rings (SSSR count). The lowest BCUT2D eigenvalue weighted by molar-refractivity contribution is -0.0377. The van der Waals surface area contributed by atoms with Crippen LogP contribution in [0.4, 0.5) is 13.2 Å². The Labute approximate surface area is 145 Å². The van der Waals surface area contributed by atoms with E-state index in [0.717, 1.165) is 24.3 Å². The van der Waals surface area contributed by atoms with Gasteiger partial charge in [-0.15, -0.1) is 0 Å². The van der Waals surface area contributed by atoms with E-state index in [1.165, 1.54) is 13.2 Å². The molecule has 0 aromatic heterocycles. The minimum atomic E-state index is -5.14. The van der Waals surface area contributed by atoms with Gasteiger partial charge in [0.2, 0.25) is 9.84 Å². The Morgan fingerprint density at radius 1 is 1.23 bits per heavy atom. The summed E-state index contributed by atoms with van der Waals surface area (Å²) in [5.41, 5.74) is -1.34. The van der Waals surface area contributed by atoms with E-state index in [1.807, 2.05) is 0 Å². The number of aliphatic hydroxyl groups is 1. The second-order valence-corrected chi connectivity index (χ2v) is 7.35. The Kier molecular flexibility index (Phi) is 4.09. The van der Waals surface area contributed by atoms with E-state index in [-0.39, 0.29) is 17.2 Å². The van der Waals surface area contributed by atoms with Crippen molar-refractivity contribution in [3.63, 3.8) is 0 Å². The fourth-order valence-corrected chi connectivity index (χ4v) is 4.04. The molecule has 1 atom stereocenters. The van der Waals surface area contributed by atoms with Crippen LogP contribution in [0.3, 0.4) is 0 Å². The van der Waals surface area contributed by atoms with Crippen LogP contribution < -0.4 is 9.47 Å². The summed E-state index contributed by atoms with van der Waals surface area (Å²) in [4.78, 5) is -0.851. The van der Waals surface area contributed by atoms with E-state index < -0.39 is 43.0 Å². The first-order chi connectivity index (χ1) is 12.1. The maximum absolute atomic E-state index is 13.9. The number of alkyl halides is 2. The molecule has 0 aliphatic carbocycles. The second-order valence-electron chi connectivity index (χ2n) is 5.36. The van der Waals surface area contributed by atoms with E-state index in [4.69, 9.17) is 9.47 Å². The molecule has 2 aromatic rings. The fraction of sp³-hybridized carbons (Fsp3) is 0.188. The molecule has 1 N–H and O–H groups in total. The summed E-state index contributed by atoms with van der Waals surface area (Å²) in [6.07, 6.45) is -2.72. The number of fused-ring (bicyclic) bond motifs is 1. The number of sulfone groups is 1. The van der Waals surface area contributed by atoms with E-state index in [0.29, 0.717) is 0 Å². The number of nitriles is 1. The molecular formula is C16H10F3NO5S. The maximum atomic E-state index is 13.9. The first kappa shape index (κ1) is 18.0. The molecule has 0 amide bonds. The van der Waals surface area contributed by atoms with Crippen LogP contribution in [0.5, 0.6) is 17.2 Å². The third-order valence-electron chi connectivity index (χ3n) is 3.83. The maximum Gasteiger partial charge on any atom is 0.379 e. The Hall–Kier alpha value is -2.77. The zero-order chi connectivity index (χ0) is 19.3. The zero-order valence-corrected chi connectivity index (χ0v) is 13.9. The highest BCUT2D eigenvalue weighted by Crippen LogP contribution is 2.51. The molecule has 26 heavy (non-hydrogen) atoms. The van der Waals surface area contributed by atoms with Gasteiger partial charge in [0, 0.05) is 23.8 Å². The van der Waals surface area contributed by atoms with Crippen LogP contribution in [0.25, 0.3) is 0 Å². The van der Waals surface area contributed by atoms with Crippen molar-refractivity contribution in [1.29, 1.82) is 5.26 Å². The van der Waals surface area contributed by atoms with E-state index in [1.54, 1.807) is 6.07 Å². The second kappa shape index (κ2) is 5.89. The van der Waals surface area contributed by atoms with Crippen LogP contribution >= 0.6 is 0 Å². The molecule has 10 heteroatoms. The van der Waals surface area contributed by atoms with Gasteiger partial charge in [-0.25, -0.2) is 12.8 Å². The third kappa shape index (κ3) is 2.48. The van der Waals surface area contributed by atoms with E-state index >= 15 is 0 Å². The van der Waals surface area contributed by atoms with Crippen molar-refractivity contribution in [2.75, 3.05) is 7.11 Å². The van der Waals surface area contributed by atoms with Gasteiger partial charge >= 0.3 is 5.25 Å². The monoisotopic (exact) mass is 385 g/mol. The van der Waals surface area contributed by atoms with Gasteiger partial charge < -0.3 is 14.6 Å². The Bertz CT molecular complexity index is 1050. The number of hydrogen-bond acceptors (Lipinski definition) is 6. The SMILES string of the molecule is COc1cc(F)cc(Oc2ccc3c(c2C#N)C(O)C(F)(F)S3(=O)=O)c1. The topological polar surface area (TPSA) is 96.6 Å². The van der Waals surface area contributed by atoms with Crippen molar-refractivity contribution in [3.05, 3.63) is 47.3 Å². The molecule has 6 nitrogen and oxygen atoms in total. The number of benzene rings is 2. The van der Waals surface area contributed by atoms with Crippen molar-refractivity contribution in [3.8, 4) is 23.3 Å². The number of hydrogen-bond donors (Lipinski definition) is 1.